The van der Waals surface area contributed by atoms with Crippen molar-refractivity contribution in [3.63, 3.8) is 0 Å². The lowest BCUT2D eigenvalue weighted by atomic mass is 10.1. The molecule has 9 heteroatoms. The molecule has 0 saturated carbocycles. The number of amides is 1. The molecule has 1 aliphatic rings. The first kappa shape index (κ1) is 16.4. The van der Waals surface area contributed by atoms with Crippen LogP contribution in [-0.2, 0) is 12.7 Å². The summed E-state index contributed by atoms with van der Waals surface area (Å²) in [6.07, 6.45) is 3.30. The molecule has 8 nitrogen and oxygen atoms in total. The van der Waals surface area contributed by atoms with Gasteiger partial charge in [-0.25, -0.2) is 4.39 Å². The van der Waals surface area contributed by atoms with Crippen LogP contribution in [0.15, 0.2) is 35.1 Å². The summed E-state index contributed by atoms with van der Waals surface area (Å²) in [5, 5.41) is 7.96. The molecule has 0 bridgehead atoms. The van der Waals surface area contributed by atoms with E-state index in [1.54, 1.807) is 44.6 Å². The Bertz CT molecular complexity index is 953. The van der Waals surface area contributed by atoms with Gasteiger partial charge >= 0.3 is 0 Å². The van der Waals surface area contributed by atoms with Crippen LogP contribution < -0.4 is 0 Å². The Morgan fingerprint density at radius 1 is 1.35 bits per heavy atom. The lowest BCUT2D eigenvalue weighted by Crippen LogP contribution is -2.33. The second kappa shape index (κ2) is 6.01. The molecule has 0 aromatic carbocycles. The Balaban J connectivity index is 1.55. The predicted octanol–water partition coefficient (Wildman–Crippen LogP) is 1.88. The first-order chi connectivity index (χ1) is 12.5. The monoisotopic (exact) mass is 356 g/mol. The average Bonchev–Trinajstić information content (AvgIpc) is 3.34. The van der Waals surface area contributed by atoms with Gasteiger partial charge in [-0.3, -0.25) is 14.5 Å². The Kier molecular flexibility index (Phi) is 3.78. The van der Waals surface area contributed by atoms with Crippen molar-refractivity contribution in [2.75, 3.05) is 13.1 Å². The maximum Gasteiger partial charge on any atom is 0.272 e. The van der Waals surface area contributed by atoms with Gasteiger partial charge in [0.05, 0.1) is 12.2 Å². The number of hydrogen-bond donors (Lipinski definition) is 0. The summed E-state index contributed by atoms with van der Waals surface area (Å²) in [6.45, 7) is 1.96. The largest absolute Gasteiger partial charge is 0.334 e. The van der Waals surface area contributed by atoms with Crippen molar-refractivity contribution in [1.29, 1.82) is 0 Å². The molecule has 3 aromatic rings. The van der Waals surface area contributed by atoms with E-state index in [1.165, 1.54) is 9.58 Å². The summed E-state index contributed by atoms with van der Waals surface area (Å²) in [5.74, 6) is -0.0715. The molecule has 4 heterocycles. The van der Waals surface area contributed by atoms with Gasteiger partial charge < -0.3 is 9.42 Å². The first-order valence-corrected chi connectivity index (χ1v) is 8.20. The molecule has 1 aliphatic heterocycles. The number of hydrogen-bond acceptors (Lipinski definition) is 6. The third-order valence-electron chi connectivity index (χ3n) is 4.48. The molecule has 1 amide bonds. The zero-order chi connectivity index (χ0) is 18.3. The molecule has 0 spiro atoms. The lowest BCUT2D eigenvalue weighted by Gasteiger charge is -2.18. The normalized spacial score (nSPS) is 19.9. The number of halogens is 1. The van der Waals surface area contributed by atoms with Gasteiger partial charge in [0.2, 0.25) is 5.82 Å². The van der Waals surface area contributed by atoms with Crippen molar-refractivity contribution < 1.29 is 13.7 Å². The minimum absolute atomic E-state index is 0.0409. The third kappa shape index (κ3) is 2.75. The molecule has 4 rings (SSSR count). The minimum Gasteiger partial charge on any atom is -0.334 e. The second-order valence-electron chi connectivity index (χ2n) is 6.40. The lowest BCUT2D eigenvalue weighted by molar-refractivity contribution is 0.0732. The van der Waals surface area contributed by atoms with Crippen molar-refractivity contribution in [3.8, 4) is 11.5 Å². The van der Waals surface area contributed by atoms with Crippen molar-refractivity contribution >= 4 is 5.91 Å². The number of carbonyl (C=O) groups excluding carboxylic acids is 1. The van der Waals surface area contributed by atoms with Crippen LogP contribution in [0.25, 0.3) is 11.5 Å². The molecule has 1 atom stereocenters. The van der Waals surface area contributed by atoms with Gasteiger partial charge in [0.25, 0.3) is 11.8 Å². The quantitative estimate of drug-likeness (QED) is 0.712. The number of aromatic nitrogens is 5. The average molecular weight is 356 g/mol. The Labute approximate surface area is 148 Å². The fourth-order valence-corrected chi connectivity index (χ4v) is 3.12. The number of aryl methyl sites for hydroxylation is 2. The van der Waals surface area contributed by atoms with Crippen LogP contribution >= 0.6 is 0 Å². The van der Waals surface area contributed by atoms with E-state index in [1.807, 2.05) is 0 Å². The molecule has 134 valence electrons. The number of nitrogens with zero attached hydrogens (tertiary/aromatic N) is 6. The van der Waals surface area contributed by atoms with Gasteiger partial charge in [-0.2, -0.15) is 10.1 Å². The Morgan fingerprint density at radius 2 is 2.12 bits per heavy atom. The highest BCUT2D eigenvalue weighted by atomic mass is 19.1. The summed E-state index contributed by atoms with van der Waals surface area (Å²) in [6, 6.07) is 5.10. The summed E-state index contributed by atoms with van der Waals surface area (Å²) >= 11 is 0. The van der Waals surface area contributed by atoms with Crippen molar-refractivity contribution in [2.24, 2.45) is 7.05 Å². The number of rotatable bonds is 3. The first-order valence-electron chi connectivity index (χ1n) is 8.20. The zero-order valence-electron chi connectivity index (χ0n) is 14.4. The second-order valence-corrected chi connectivity index (χ2v) is 6.40. The van der Waals surface area contributed by atoms with Gasteiger partial charge in [0, 0.05) is 38.0 Å². The van der Waals surface area contributed by atoms with E-state index in [0.29, 0.717) is 11.3 Å². The number of likely N-dealkylation sites (tertiary alicyclic amines) is 1. The summed E-state index contributed by atoms with van der Waals surface area (Å²) in [7, 11) is 1.69. The molecule has 1 saturated heterocycles. The van der Waals surface area contributed by atoms with E-state index in [0.717, 1.165) is 5.69 Å². The molecule has 0 aliphatic carbocycles. The summed E-state index contributed by atoms with van der Waals surface area (Å²) < 4.78 is 22.1. The molecule has 1 fully saturated rings. The highest BCUT2D eigenvalue weighted by Gasteiger charge is 2.46. The van der Waals surface area contributed by atoms with E-state index in [-0.39, 0.29) is 37.1 Å². The topological polar surface area (TPSA) is 89.9 Å². The van der Waals surface area contributed by atoms with Gasteiger partial charge in [0.1, 0.15) is 5.69 Å². The fourth-order valence-electron chi connectivity index (χ4n) is 3.12. The number of pyridine rings is 1. The van der Waals surface area contributed by atoms with Crippen LogP contribution in [0, 0.1) is 6.92 Å². The standard InChI is InChI=1S/C17H17FN6O2/c1-11-9-13(23(2)21-11)15(25)24-8-5-17(18,10-24)16-20-14(26-22-16)12-3-6-19-7-4-12/h3-4,6-7,9H,5,8,10H2,1-2H3. The van der Waals surface area contributed by atoms with Crippen molar-refractivity contribution in [1.82, 2.24) is 29.8 Å². The van der Waals surface area contributed by atoms with E-state index < -0.39 is 5.67 Å². The summed E-state index contributed by atoms with van der Waals surface area (Å²) in [5.41, 5.74) is -0.00404. The molecular weight excluding hydrogens is 339 g/mol. The van der Waals surface area contributed by atoms with Gasteiger partial charge in [-0.05, 0) is 25.1 Å². The summed E-state index contributed by atoms with van der Waals surface area (Å²) in [4.78, 5) is 22.2. The van der Waals surface area contributed by atoms with E-state index >= 15 is 4.39 Å². The van der Waals surface area contributed by atoms with Crippen LogP contribution in [0.2, 0.25) is 0 Å². The van der Waals surface area contributed by atoms with Crippen LogP contribution in [-0.4, -0.2) is 48.8 Å². The highest BCUT2D eigenvalue weighted by molar-refractivity contribution is 5.93. The van der Waals surface area contributed by atoms with Gasteiger partial charge in [0.15, 0.2) is 5.67 Å². The maximum absolute atomic E-state index is 15.4. The van der Waals surface area contributed by atoms with Crippen LogP contribution in [0.3, 0.4) is 0 Å². The third-order valence-corrected chi connectivity index (χ3v) is 4.48. The van der Waals surface area contributed by atoms with Gasteiger partial charge in [-0.15, -0.1) is 0 Å². The predicted molar refractivity (Wildman–Crippen MR) is 88.8 cm³/mol. The Hall–Kier alpha value is -3.10. The molecule has 26 heavy (non-hydrogen) atoms. The zero-order valence-corrected chi connectivity index (χ0v) is 14.4. The molecule has 1 unspecified atom stereocenters. The van der Waals surface area contributed by atoms with Crippen LogP contribution in [0.4, 0.5) is 4.39 Å². The molecule has 0 N–H and O–H groups in total. The Morgan fingerprint density at radius 3 is 2.81 bits per heavy atom. The molecular formula is C17H17FN6O2. The van der Waals surface area contributed by atoms with E-state index in [9.17, 15) is 4.79 Å². The van der Waals surface area contributed by atoms with Crippen molar-refractivity contribution in [2.45, 2.75) is 19.0 Å². The fraction of sp³-hybridized carbons (Fsp3) is 0.353. The SMILES string of the molecule is Cc1cc(C(=O)N2CCC(F)(c3noc(-c4ccncc4)n3)C2)n(C)n1. The van der Waals surface area contributed by atoms with Crippen molar-refractivity contribution in [3.05, 3.63) is 47.8 Å². The van der Waals surface area contributed by atoms with Gasteiger partial charge in [-0.1, -0.05) is 5.16 Å². The molecule has 0 radical (unpaired) electrons. The minimum atomic E-state index is -1.84. The van der Waals surface area contributed by atoms with Crippen LogP contribution in [0.5, 0.6) is 0 Å². The maximum atomic E-state index is 15.4. The molecule has 3 aromatic heterocycles. The van der Waals surface area contributed by atoms with Crippen LogP contribution in [0.1, 0.15) is 28.4 Å². The smallest absolute Gasteiger partial charge is 0.272 e. The van der Waals surface area contributed by atoms with E-state index in [4.69, 9.17) is 4.52 Å². The number of alkyl halides is 1. The van der Waals surface area contributed by atoms with E-state index in [2.05, 4.69) is 20.2 Å². The number of carbonyl (C=O) groups is 1. The highest BCUT2D eigenvalue weighted by Crippen LogP contribution is 2.36.